The molecule has 0 aromatic heterocycles. The number of benzene rings is 2. The average molecular weight is 467 g/mol. The van der Waals surface area contributed by atoms with Crippen molar-refractivity contribution in [3.63, 3.8) is 0 Å². The van der Waals surface area contributed by atoms with Crippen LogP contribution >= 0.6 is 0 Å². The van der Waals surface area contributed by atoms with Gasteiger partial charge in [-0.15, -0.1) is 0 Å². The molecule has 4 nitrogen and oxygen atoms in total. The lowest BCUT2D eigenvalue weighted by Gasteiger charge is -2.19. The largest absolute Gasteiger partial charge is 0.494 e. The van der Waals surface area contributed by atoms with E-state index in [1.807, 2.05) is 70.4 Å². The maximum absolute atomic E-state index is 6.31. The third kappa shape index (κ3) is 6.30. The van der Waals surface area contributed by atoms with E-state index in [0.29, 0.717) is 13.2 Å². The summed E-state index contributed by atoms with van der Waals surface area (Å²) in [6, 6.07) is 16.2. The topological polar surface area (TPSA) is 30.7 Å². The van der Waals surface area contributed by atoms with Gasteiger partial charge >= 0.3 is 0 Å². The van der Waals surface area contributed by atoms with Crippen LogP contribution in [0.1, 0.15) is 25.0 Å². The van der Waals surface area contributed by atoms with E-state index in [-0.39, 0.29) is 0 Å². The van der Waals surface area contributed by atoms with Gasteiger partial charge in [-0.3, -0.25) is 0 Å². The molecule has 1 heterocycles. The molecule has 4 heteroatoms. The fourth-order valence-corrected chi connectivity index (χ4v) is 3.77. The molecular formula is C31H32NO3+. The van der Waals surface area contributed by atoms with E-state index in [1.54, 1.807) is 0 Å². The summed E-state index contributed by atoms with van der Waals surface area (Å²) < 4.78 is 19.6. The number of rotatable bonds is 7. The fraction of sp³-hybridized carbons (Fsp3) is 0.194. The van der Waals surface area contributed by atoms with E-state index >= 15 is 0 Å². The number of nitrogens with zero attached hydrogens (tertiary/aromatic N) is 1. The molecule has 0 unspecified atom stereocenters. The summed E-state index contributed by atoms with van der Waals surface area (Å²) in [7, 11) is 4.08. The van der Waals surface area contributed by atoms with Gasteiger partial charge in [0, 0.05) is 17.7 Å². The molecule has 0 fully saturated rings. The average Bonchev–Trinajstić information content (AvgIpc) is 2.89. The Morgan fingerprint density at radius 1 is 0.714 bits per heavy atom. The highest BCUT2D eigenvalue weighted by Gasteiger charge is 2.15. The minimum Gasteiger partial charge on any atom is -0.494 e. The molecule has 0 radical (unpaired) electrons. The maximum atomic E-state index is 6.31. The van der Waals surface area contributed by atoms with Crippen molar-refractivity contribution >= 4 is 17.0 Å². The van der Waals surface area contributed by atoms with Crippen molar-refractivity contribution in [2.24, 2.45) is 0 Å². The van der Waals surface area contributed by atoms with E-state index in [4.69, 9.17) is 14.2 Å². The Hall–Kier alpha value is -4.05. The molecule has 4 rings (SSSR count). The van der Waals surface area contributed by atoms with Crippen LogP contribution < -0.4 is 9.47 Å². The summed E-state index contributed by atoms with van der Waals surface area (Å²) in [6.07, 6.45) is 16.7. The fourth-order valence-electron chi connectivity index (χ4n) is 3.77. The van der Waals surface area contributed by atoms with Crippen LogP contribution in [0.15, 0.2) is 108 Å². The molecule has 0 saturated carbocycles. The highest BCUT2D eigenvalue weighted by atomic mass is 16.5. The molecule has 0 N–H and O–H groups in total. The zero-order chi connectivity index (χ0) is 24.6. The predicted octanol–water partition coefficient (Wildman–Crippen LogP) is 6.59. The van der Waals surface area contributed by atoms with Crippen molar-refractivity contribution < 1.29 is 18.8 Å². The van der Waals surface area contributed by atoms with E-state index in [9.17, 15) is 0 Å². The molecule has 0 spiro atoms. The SMILES string of the molecule is CCOc1ccc(C2=C/C(=C/C=C3C=CC(=[N+](C)C)C=C3)OC(c3ccc(OCC)cc3)=C2)cc1. The van der Waals surface area contributed by atoms with Gasteiger partial charge in [0.25, 0.3) is 0 Å². The van der Waals surface area contributed by atoms with Gasteiger partial charge in [0.05, 0.1) is 13.2 Å². The number of ether oxygens (including phenoxy) is 3. The second-order valence-corrected chi connectivity index (χ2v) is 8.35. The van der Waals surface area contributed by atoms with Crippen LogP contribution in [0.2, 0.25) is 0 Å². The van der Waals surface area contributed by atoms with Gasteiger partial charge in [0.1, 0.15) is 37.1 Å². The molecule has 1 aliphatic heterocycles. The Labute approximate surface area is 208 Å². The van der Waals surface area contributed by atoms with Gasteiger partial charge in [-0.2, -0.15) is 0 Å². The van der Waals surface area contributed by atoms with Crippen LogP contribution in [0, 0.1) is 0 Å². The van der Waals surface area contributed by atoms with E-state index in [2.05, 4.69) is 59.2 Å². The van der Waals surface area contributed by atoms with E-state index in [0.717, 1.165) is 45.3 Å². The molecule has 0 atom stereocenters. The zero-order valence-corrected chi connectivity index (χ0v) is 20.8. The molecule has 2 aliphatic rings. The van der Waals surface area contributed by atoms with Crippen molar-refractivity contribution in [3.05, 3.63) is 120 Å². The first-order valence-corrected chi connectivity index (χ1v) is 12.0. The van der Waals surface area contributed by atoms with Gasteiger partial charge in [-0.1, -0.05) is 18.2 Å². The molecule has 178 valence electrons. The van der Waals surface area contributed by atoms with Gasteiger partial charge in [0.2, 0.25) is 0 Å². The van der Waals surface area contributed by atoms with Crippen molar-refractivity contribution in [2.75, 3.05) is 27.3 Å². The van der Waals surface area contributed by atoms with Crippen molar-refractivity contribution in [2.45, 2.75) is 13.8 Å². The maximum Gasteiger partial charge on any atom is 0.199 e. The van der Waals surface area contributed by atoms with Crippen LogP contribution in [0.5, 0.6) is 11.5 Å². The molecule has 0 amide bonds. The van der Waals surface area contributed by atoms with E-state index < -0.39 is 0 Å². The smallest absolute Gasteiger partial charge is 0.199 e. The molecule has 2 aromatic rings. The summed E-state index contributed by atoms with van der Waals surface area (Å²) in [5.74, 6) is 3.28. The van der Waals surface area contributed by atoms with Crippen LogP contribution in [0.4, 0.5) is 0 Å². The number of hydrogen-bond acceptors (Lipinski definition) is 3. The molecule has 0 bridgehead atoms. The molecule has 0 saturated heterocycles. The van der Waals surface area contributed by atoms with Crippen LogP contribution in [0.25, 0.3) is 11.3 Å². The third-order valence-corrected chi connectivity index (χ3v) is 5.61. The lowest BCUT2D eigenvalue weighted by atomic mass is 10.00. The Balaban J connectivity index is 1.66. The minimum absolute atomic E-state index is 0.640. The molecule has 1 aliphatic carbocycles. The summed E-state index contributed by atoms with van der Waals surface area (Å²) >= 11 is 0. The Morgan fingerprint density at radius 3 is 1.83 bits per heavy atom. The summed E-state index contributed by atoms with van der Waals surface area (Å²) in [6.45, 7) is 5.26. The second kappa shape index (κ2) is 11.4. The first-order valence-electron chi connectivity index (χ1n) is 12.0. The summed E-state index contributed by atoms with van der Waals surface area (Å²) in [5, 5.41) is 0. The highest BCUT2D eigenvalue weighted by molar-refractivity contribution is 6.02. The minimum atomic E-state index is 0.640. The third-order valence-electron chi connectivity index (χ3n) is 5.61. The number of allylic oxidation sites excluding steroid dienone is 10. The Bertz CT molecular complexity index is 1250. The Morgan fingerprint density at radius 2 is 1.29 bits per heavy atom. The molecule has 2 aromatic carbocycles. The number of hydrogen-bond donors (Lipinski definition) is 0. The van der Waals surface area contributed by atoms with Gasteiger partial charge in [0.15, 0.2) is 5.71 Å². The molecular weight excluding hydrogens is 434 g/mol. The van der Waals surface area contributed by atoms with Crippen molar-refractivity contribution in [1.29, 1.82) is 0 Å². The lowest BCUT2D eigenvalue weighted by molar-refractivity contribution is -0.462. The standard InChI is InChI=1S/C31H32NO3/c1-5-33-28-17-10-24(11-18-28)26-21-30(16-9-23-7-14-27(15-8-23)32(3)4)35-31(22-26)25-12-19-29(20-13-25)34-6-2/h7-22H,5-6H2,1-4H3/q+1/b30-16-. The monoisotopic (exact) mass is 466 g/mol. The lowest BCUT2D eigenvalue weighted by Crippen LogP contribution is -2.09. The van der Waals surface area contributed by atoms with Gasteiger partial charge < -0.3 is 14.2 Å². The van der Waals surface area contributed by atoms with E-state index in [1.165, 1.54) is 5.71 Å². The van der Waals surface area contributed by atoms with Crippen molar-refractivity contribution in [3.8, 4) is 11.5 Å². The Kier molecular flexibility index (Phi) is 7.84. The van der Waals surface area contributed by atoms with Gasteiger partial charge in [-0.25, -0.2) is 4.58 Å². The normalized spacial score (nSPS) is 15.9. The van der Waals surface area contributed by atoms with Crippen molar-refractivity contribution in [1.82, 2.24) is 0 Å². The summed E-state index contributed by atoms with van der Waals surface area (Å²) in [4.78, 5) is 0. The van der Waals surface area contributed by atoms with Crippen LogP contribution in [0.3, 0.4) is 0 Å². The second-order valence-electron chi connectivity index (χ2n) is 8.35. The first kappa shape index (κ1) is 24.1. The van der Waals surface area contributed by atoms with Gasteiger partial charge in [-0.05, 0) is 97.3 Å². The summed E-state index contributed by atoms with van der Waals surface area (Å²) in [5.41, 5.74) is 5.44. The van der Waals surface area contributed by atoms with Crippen LogP contribution in [-0.2, 0) is 4.74 Å². The van der Waals surface area contributed by atoms with Crippen LogP contribution in [-0.4, -0.2) is 37.6 Å². The highest BCUT2D eigenvalue weighted by Crippen LogP contribution is 2.33. The first-order chi connectivity index (χ1) is 17.1. The molecule has 35 heavy (non-hydrogen) atoms. The quantitative estimate of drug-likeness (QED) is 0.432. The predicted molar refractivity (Wildman–Crippen MR) is 144 cm³/mol. The zero-order valence-electron chi connectivity index (χ0n) is 20.8.